The first-order valence-corrected chi connectivity index (χ1v) is 7.95. The second kappa shape index (κ2) is 5.77. The van der Waals surface area contributed by atoms with Gasteiger partial charge in [-0.2, -0.15) is 0 Å². The summed E-state index contributed by atoms with van der Waals surface area (Å²) >= 11 is 1.75. The molecule has 2 heterocycles. The van der Waals surface area contributed by atoms with Gasteiger partial charge in [0.15, 0.2) is 11.1 Å². The van der Waals surface area contributed by atoms with Crippen molar-refractivity contribution in [3.8, 4) is 0 Å². The van der Waals surface area contributed by atoms with Crippen LogP contribution in [-0.2, 0) is 6.42 Å². The van der Waals surface area contributed by atoms with Gasteiger partial charge in [-0.25, -0.2) is 4.98 Å². The molecule has 104 valence electrons. The Morgan fingerprint density at radius 2 is 2.26 bits per heavy atom. The molecule has 0 spiro atoms. The summed E-state index contributed by atoms with van der Waals surface area (Å²) in [5, 5.41) is 6.51. The van der Waals surface area contributed by atoms with Crippen molar-refractivity contribution in [2.24, 2.45) is 10.7 Å². The van der Waals surface area contributed by atoms with Gasteiger partial charge in [0.25, 0.3) is 0 Å². The van der Waals surface area contributed by atoms with E-state index in [1.54, 1.807) is 11.3 Å². The summed E-state index contributed by atoms with van der Waals surface area (Å²) in [5.41, 5.74) is 6.93. The average molecular weight is 279 g/mol. The highest BCUT2D eigenvalue weighted by molar-refractivity contribution is 7.13. The molecule has 6 heteroatoms. The van der Waals surface area contributed by atoms with Crippen LogP contribution < -0.4 is 16.0 Å². The number of nitrogens with zero attached hydrogens (tertiary/aromatic N) is 3. The van der Waals surface area contributed by atoms with Crippen molar-refractivity contribution < 1.29 is 0 Å². The van der Waals surface area contributed by atoms with Crippen molar-refractivity contribution in [1.82, 2.24) is 10.3 Å². The quantitative estimate of drug-likeness (QED) is 0.631. The summed E-state index contributed by atoms with van der Waals surface area (Å²) < 4.78 is 0. The number of nitrogens with one attached hydrogen (secondary N) is 1. The zero-order chi connectivity index (χ0) is 13.1. The summed E-state index contributed by atoms with van der Waals surface area (Å²) in [5.74, 6) is 0.581. The molecule has 1 saturated heterocycles. The summed E-state index contributed by atoms with van der Waals surface area (Å²) in [7, 11) is 0. The molecule has 0 aromatic carbocycles. The van der Waals surface area contributed by atoms with Crippen LogP contribution in [0.1, 0.15) is 31.4 Å². The number of aliphatic imine (C=N–C) groups is 1. The Kier molecular flexibility index (Phi) is 3.87. The van der Waals surface area contributed by atoms with Crippen molar-refractivity contribution in [2.45, 2.75) is 38.1 Å². The third kappa shape index (κ3) is 3.59. The minimum Gasteiger partial charge on any atom is -0.370 e. The van der Waals surface area contributed by atoms with Crippen molar-refractivity contribution in [2.75, 3.05) is 24.5 Å². The highest BCUT2D eigenvalue weighted by Crippen LogP contribution is 2.24. The molecule has 1 aromatic heterocycles. The number of hydrogen-bond donors (Lipinski definition) is 2. The van der Waals surface area contributed by atoms with Crippen molar-refractivity contribution in [3.63, 3.8) is 0 Å². The maximum atomic E-state index is 5.80. The molecule has 1 aliphatic carbocycles. The standard InChI is InChI=1S/C13H21N5S/c14-12(16-10-3-4-10)15-6-5-11-9-19-13(17-11)18-7-1-2-8-18/h9-10H,1-8H2,(H3,14,15,16). The van der Waals surface area contributed by atoms with Crippen LogP contribution in [0.4, 0.5) is 5.13 Å². The first-order valence-electron chi connectivity index (χ1n) is 7.07. The van der Waals surface area contributed by atoms with Crippen molar-refractivity contribution in [1.29, 1.82) is 0 Å². The molecule has 0 unspecified atom stereocenters. The Morgan fingerprint density at radius 3 is 3.00 bits per heavy atom. The number of anilines is 1. The van der Waals surface area contributed by atoms with E-state index in [1.807, 2.05) is 0 Å². The van der Waals surface area contributed by atoms with E-state index in [4.69, 9.17) is 5.73 Å². The van der Waals surface area contributed by atoms with Crippen LogP contribution in [0.5, 0.6) is 0 Å². The molecule has 1 saturated carbocycles. The summed E-state index contributed by atoms with van der Waals surface area (Å²) in [6, 6.07) is 0.574. The van der Waals surface area contributed by atoms with E-state index in [-0.39, 0.29) is 0 Å². The van der Waals surface area contributed by atoms with Gasteiger partial charge in [-0.15, -0.1) is 11.3 Å². The molecule has 1 aliphatic heterocycles. The molecular formula is C13H21N5S. The third-order valence-corrected chi connectivity index (χ3v) is 4.45. The Hall–Kier alpha value is -1.30. The number of nitrogens with two attached hydrogens (primary N) is 1. The van der Waals surface area contributed by atoms with E-state index in [0.29, 0.717) is 18.5 Å². The zero-order valence-corrected chi connectivity index (χ0v) is 12.0. The number of thiazole rings is 1. The number of guanidine groups is 1. The van der Waals surface area contributed by atoms with E-state index >= 15 is 0 Å². The Bertz CT molecular complexity index is 446. The molecule has 2 aliphatic rings. The van der Waals surface area contributed by atoms with Crippen LogP contribution >= 0.6 is 11.3 Å². The van der Waals surface area contributed by atoms with Gasteiger partial charge in [-0.1, -0.05) is 0 Å². The number of aromatic nitrogens is 1. The van der Waals surface area contributed by atoms with E-state index in [1.165, 1.54) is 30.8 Å². The molecule has 0 bridgehead atoms. The SMILES string of the molecule is NC(=NCCc1csc(N2CCCC2)n1)NC1CC1. The molecule has 5 nitrogen and oxygen atoms in total. The van der Waals surface area contributed by atoms with Crippen molar-refractivity contribution >= 4 is 22.4 Å². The van der Waals surface area contributed by atoms with Crippen molar-refractivity contribution in [3.05, 3.63) is 11.1 Å². The van der Waals surface area contributed by atoms with Crippen LogP contribution in [0.3, 0.4) is 0 Å². The Labute approximate surface area is 117 Å². The van der Waals surface area contributed by atoms with Crippen LogP contribution in [0, 0.1) is 0 Å². The average Bonchev–Trinajstić information content (AvgIpc) is 2.91. The second-order valence-corrected chi connectivity index (χ2v) is 6.09. The second-order valence-electron chi connectivity index (χ2n) is 5.25. The number of rotatable bonds is 5. The maximum absolute atomic E-state index is 5.80. The largest absolute Gasteiger partial charge is 0.370 e. The fraction of sp³-hybridized carbons (Fsp3) is 0.692. The highest BCUT2D eigenvalue weighted by atomic mass is 32.1. The zero-order valence-electron chi connectivity index (χ0n) is 11.1. The van der Waals surface area contributed by atoms with E-state index in [0.717, 1.165) is 25.2 Å². The fourth-order valence-corrected chi connectivity index (χ4v) is 3.15. The Morgan fingerprint density at radius 1 is 1.47 bits per heavy atom. The predicted octanol–water partition coefficient (Wildman–Crippen LogP) is 1.35. The lowest BCUT2D eigenvalue weighted by atomic mass is 10.3. The molecular weight excluding hydrogens is 258 g/mol. The molecule has 3 rings (SSSR count). The lowest BCUT2D eigenvalue weighted by Gasteiger charge is -2.12. The van der Waals surface area contributed by atoms with E-state index in [9.17, 15) is 0 Å². The molecule has 2 fully saturated rings. The van der Waals surface area contributed by atoms with Gasteiger partial charge >= 0.3 is 0 Å². The minimum atomic E-state index is 0.574. The van der Waals surface area contributed by atoms with Gasteiger partial charge in [0.05, 0.1) is 5.69 Å². The Balaban J connectivity index is 1.46. The van der Waals surface area contributed by atoms with Gasteiger partial charge < -0.3 is 16.0 Å². The van der Waals surface area contributed by atoms with Gasteiger partial charge in [-0.3, -0.25) is 4.99 Å². The van der Waals surface area contributed by atoms with Gasteiger partial charge in [-0.05, 0) is 25.7 Å². The maximum Gasteiger partial charge on any atom is 0.188 e. The molecule has 19 heavy (non-hydrogen) atoms. The van der Waals surface area contributed by atoms with Crippen LogP contribution in [0.15, 0.2) is 10.4 Å². The fourth-order valence-electron chi connectivity index (χ4n) is 2.24. The molecule has 3 N–H and O–H groups in total. The van der Waals surface area contributed by atoms with Gasteiger partial charge in [0.2, 0.25) is 0 Å². The van der Waals surface area contributed by atoms with Gasteiger partial charge in [0, 0.05) is 37.5 Å². The van der Waals surface area contributed by atoms with Crippen LogP contribution in [0.25, 0.3) is 0 Å². The molecule has 0 radical (unpaired) electrons. The lowest BCUT2D eigenvalue weighted by molar-refractivity contribution is 0.861. The highest BCUT2D eigenvalue weighted by Gasteiger charge is 2.21. The summed E-state index contributed by atoms with van der Waals surface area (Å²) in [6.07, 6.45) is 5.91. The van der Waals surface area contributed by atoms with E-state index in [2.05, 4.69) is 25.6 Å². The first-order chi connectivity index (χ1) is 9.31. The number of hydrogen-bond acceptors (Lipinski definition) is 4. The predicted molar refractivity (Wildman–Crippen MR) is 79.9 cm³/mol. The lowest BCUT2D eigenvalue weighted by Crippen LogP contribution is -2.33. The van der Waals surface area contributed by atoms with Gasteiger partial charge in [0.1, 0.15) is 0 Å². The topological polar surface area (TPSA) is 66.5 Å². The smallest absolute Gasteiger partial charge is 0.188 e. The first kappa shape index (κ1) is 12.7. The third-order valence-electron chi connectivity index (χ3n) is 3.50. The monoisotopic (exact) mass is 279 g/mol. The van der Waals surface area contributed by atoms with E-state index < -0.39 is 0 Å². The summed E-state index contributed by atoms with van der Waals surface area (Å²) in [6.45, 7) is 3.03. The normalized spacial score (nSPS) is 20.0. The summed E-state index contributed by atoms with van der Waals surface area (Å²) in [4.78, 5) is 11.4. The minimum absolute atomic E-state index is 0.574. The van der Waals surface area contributed by atoms with Crippen LogP contribution in [-0.4, -0.2) is 36.6 Å². The van der Waals surface area contributed by atoms with Crippen LogP contribution in [0.2, 0.25) is 0 Å². The molecule has 1 aromatic rings. The molecule has 0 amide bonds. The molecule has 0 atom stereocenters.